The van der Waals surface area contributed by atoms with Gasteiger partial charge in [0.2, 0.25) is 5.91 Å². The minimum absolute atomic E-state index is 0.0696. The Morgan fingerprint density at radius 1 is 1.56 bits per heavy atom. The van der Waals surface area contributed by atoms with Gasteiger partial charge in [-0.2, -0.15) is 0 Å². The second-order valence-electron chi connectivity index (χ2n) is 4.25. The van der Waals surface area contributed by atoms with Crippen molar-refractivity contribution in [2.75, 3.05) is 19.6 Å². The van der Waals surface area contributed by atoms with Gasteiger partial charge in [-0.3, -0.25) is 4.79 Å². The topological polar surface area (TPSA) is 69.8 Å². The molecule has 1 fully saturated rings. The van der Waals surface area contributed by atoms with Crippen molar-refractivity contribution in [1.29, 1.82) is 0 Å². The molecule has 1 aliphatic rings. The third-order valence-electron chi connectivity index (χ3n) is 2.69. The van der Waals surface area contributed by atoms with Crippen molar-refractivity contribution in [3.63, 3.8) is 0 Å². The van der Waals surface area contributed by atoms with E-state index in [1.54, 1.807) is 12.5 Å². The molecule has 2 rings (SSSR count). The molecule has 0 aromatic carbocycles. The molecule has 0 unspecified atom stereocenters. The Morgan fingerprint density at radius 2 is 2.44 bits per heavy atom. The van der Waals surface area contributed by atoms with Gasteiger partial charge in [-0.25, -0.2) is 4.98 Å². The first-order valence-corrected chi connectivity index (χ1v) is 5.79. The Labute approximate surface area is 95.0 Å². The predicted octanol–water partition coefficient (Wildman–Crippen LogP) is 0.0680. The molecule has 88 valence electrons. The Balaban J connectivity index is 1.49. The second kappa shape index (κ2) is 5.65. The minimum atomic E-state index is 0.0696. The van der Waals surface area contributed by atoms with E-state index in [1.807, 2.05) is 0 Å². The van der Waals surface area contributed by atoms with Gasteiger partial charge in [0.15, 0.2) is 0 Å². The maximum Gasteiger partial charge on any atom is 0.233 e. The molecule has 5 heteroatoms. The van der Waals surface area contributed by atoms with Gasteiger partial charge in [0.25, 0.3) is 0 Å². The molecule has 0 spiro atoms. The van der Waals surface area contributed by atoms with Crippen LogP contribution in [0, 0.1) is 5.92 Å². The van der Waals surface area contributed by atoms with Crippen molar-refractivity contribution < 1.29 is 4.79 Å². The Hall–Kier alpha value is -1.36. The largest absolute Gasteiger partial charge is 0.355 e. The van der Waals surface area contributed by atoms with E-state index in [0.717, 1.165) is 24.6 Å². The molecule has 16 heavy (non-hydrogen) atoms. The number of rotatable bonds is 7. The van der Waals surface area contributed by atoms with Crippen LogP contribution in [0.2, 0.25) is 0 Å². The summed E-state index contributed by atoms with van der Waals surface area (Å²) in [5.74, 6) is 0.887. The zero-order valence-corrected chi connectivity index (χ0v) is 9.33. The van der Waals surface area contributed by atoms with Crippen LogP contribution < -0.4 is 10.6 Å². The molecule has 1 saturated carbocycles. The van der Waals surface area contributed by atoms with E-state index in [9.17, 15) is 4.79 Å². The average Bonchev–Trinajstić information content (AvgIpc) is 2.94. The van der Waals surface area contributed by atoms with Gasteiger partial charge < -0.3 is 15.6 Å². The summed E-state index contributed by atoms with van der Waals surface area (Å²) in [5, 5.41) is 6.02. The first-order chi connectivity index (χ1) is 7.84. The number of amides is 1. The summed E-state index contributed by atoms with van der Waals surface area (Å²) < 4.78 is 0. The number of H-pyrrole nitrogens is 1. The number of nitrogens with zero attached hydrogens (tertiary/aromatic N) is 1. The van der Waals surface area contributed by atoms with E-state index in [0.29, 0.717) is 13.1 Å². The van der Waals surface area contributed by atoms with Gasteiger partial charge in [-0.15, -0.1) is 0 Å². The fourth-order valence-corrected chi connectivity index (χ4v) is 1.53. The Morgan fingerprint density at radius 3 is 3.12 bits per heavy atom. The number of imidazole rings is 1. The van der Waals surface area contributed by atoms with E-state index in [2.05, 4.69) is 20.6 Å². The van der Waals surface area contributed by atoms with Crippen molar-refractivity contribution >= 4 is 5.91 Å². The molecule has 1 heterocycles. The van der Waals surface area contributed by atoms with Crippen molar-refractivity contribution in [2.24, 2.45) is 5.92 Å². The number of aromatic amines is 1. The van der Waals surface area contributed by atoms with Crippen LogP contribution in [-0.2, 0) is 11.2 Å². The number of aromatic nitrogens is 2. The highest BCUT2D eigenvalue weighted by Crippen LogP contribution is 2.27. The number of carbonyl (C=O) groups is 1. The van der Waals surface area contributed by atoms with Gasteiger partial charge in [0, 0.05) is 24.9 Å². The van der Waals surface area contributed by atoms with Crippen molar-refractivity contribution in [3.8, 4) is 0 Å². The number of hydrogen-bond donors (Lipinski definition) is 3. The molecule has 3 N–H and O–H groups in total. The molecular weight excluding hydrogens is 204 g/mol. The van der Waals surface area contributed by atoms with Gasteiger partial charge in [-0.05, 0) is 25.3 Å². The monoisotopic (exact) mass is 222 g/mol. The van der Waals surface area contributed by atoms with E-state index in [-0.39, 0.29) is 5.91 Å². The van der Waals surface area contributed by atoms with E-state index in [1.165, 1.54) is 12.8 Å². The lowest BCUT2D eigenvalue weighted by Gasteiger charge is -2.05. The highest BCUT2D eigenvalue weighted by molar-refractivity contribution is 5.77. The molecule has 1 amide bonds. The van der Waals surface area contributed by atoms with Gasteiger partial charge in [0.05, 0.1) is 12.9 Å². The van der Waals surface area contributed by atoms with Gasteiger partial charge in [-0.1, -0.05) is 0 Å². The third kappa shape index (κ3) is 4.02. The summed E-state index contributed by atoms with van der Waals surface area (Å²) in [6, 6.07) is 0. The molecule has 1 aromatic rings. The molecule has 0 aliphatic heterocycles. The summed E-state index contributed by atoms with van der Waals surface area (Å²) in [6.07, 6.45) is 6.85. The van der Waals surface area contributed by atoms with Crippen LogP contribution in [0.4, 0.5) is 0 Å². The molecule has 1 aliphatic carbocycles. The van der Waals surface area contributed by atoms with Gasteiger partial charge in [0.1, 0.15) is 0 Å². The average molecular weight is 222 g/mol. The summed E-state index contributed by atoms with van der Waals surface area (Å²) in [4.78, 5) is 18.3. The first kappa shape index (κ1) is 11.1. The molecule has 0 radical (unpaired) electrons. The van der Waals surface area contributed by atoms with E-state index < -0.39 is 0 Å². The van der Waals surface area contributed by atoms with E-state index in [4.69, 9.17) is 0 Å². The fourth-order valence-electron chi connectivity index (χ4n) is 1.53. The second-order valence-corrected chi connectivity index (χ2v) is 4.25. The predicted molar refractivity (Wildman–Crippen MR) is 60.9 cm³/mol. The van der Waals surface area contributed by atoms with Crippen LogP contribution in [0.5, 0.6) is 0 Å². The molecule has 1 aromatic heterocycles. The summed E-state index contributed by atoms with van der Waals surface area (Å²) >= 11 is 0. The summed E-state index contributed by atoms with van der Waals surface area (Å²) in [7, 11) is 0. The molecule has 5 nitrogen and oxygen atoms in total. The highest BCUT2D eigenvalue weighted by atomic mass is 16.1. The van der Waals surface area contributed by atoms with Crippen LogP contribution >= 0.6 is 0 Å². The van der Waals surface area contributed by atoms with Crippen LogP contribution in [-0.4, -0.2) is 35.5 Å². The lowest BCUT2D eigenvalue weighted by atomic mass is 10.3. The smallest absolute Gasteiger partial charge is 0.233 e. The van der Waals surface area contributed by atoms with E-state index >= 15 is 0 Å². The Bertz CT molecular complexity index is 319. The molecule has 0 bridgehead atoms. The maximum absolute atomic E-state index is 11.4. The third-order valence-corrected chi connectivity index (χ3v) is 2.69. The quantitative estimate of drug-likeness (QED) is 0.611. The zero-order chi connectivity index (χ0) is 11.2. The lowest BCUT2D eigenvalue weighted by Crippen LogP contribution is -2.35. The minimum Gasteiger partial charge on any atom is -0.355 e. The SMILES string of the molecule is O=C(CNCC1CC1)NCCc1cnc[nH]1. The highest BCUT2D eigenvalue weighted by Gasteiger charge is 2.20. The Kier molecular flexibility index (Phi) is 3.93. The zero-order valence-electron chi connectivity index (χ0n) is 9.33. The molecule has 0 atom stereocenters. The van der Waals surface area contributed by atoms with Crippen molar-refractivity contribution in [2.45, 2.75) is 19.3 Å². The lowest BCUT2D eigenvalue weighted by molar-refractivity contribution is -0.120. The standard InChI is InChI=1S/C11H18N4O/c16-11(7-12-5-9-1-2-9)14-4-3-10-6-13-8-15-10/h6,8-9,12H,1-5,7H2,(H,13,15)(H,14,16). The number of carbonyl (C=O) groups excluding carboxylic acids is 1. The number of hydrogen-bond acceptors (Lipinski definition) is 3. The maximum atomic E-state index is 11.4. The van der Waals surface area contributed by atoms with Crippen molar-refractivity contribution in [1.82, 2.24) is 20.6 Å². The summed E-state index contributed by atoms with van der Waals surface area (Å²) in [6.45, 7) is 2.07. The number of nitrogens with one attached hydrogen (secondary N) is 3. The van der Waals surface area contributed by atoms with Crippen LogP contribution in [0.25, 0.3) is 0 Å². The van der Waals surface area contributed by atoms with Crippen molar-refractivity contribution in [3.05, 3.63) is 18.2 Å². The van der Waals surface area contributed by atoms with Gasteiger partial charge >= 0.3 is 0 Å². The van der Waals surface area contributed by atoms with Crippen LogP contribution in [0.1, 0.15) is 18.5 Å². The molecular formula is C11H18N4O. The molecule has 0 saturated heterocycles. The fraction of sp³-hybridized carbons (Fsp3) is 0.636. The van der Waals surface area contributed by atoms with Crippen LogP contribution in [0.15, 0.2) is 12.5 Å². The normalized spacial score (nSPS) is 15.0. The summed E-state index contributed by atoms with van der Waals surface area (Å²) in [5.41, 5.74) is 1.05. The van der Waals surface area contributed by atoms with Crippen LogP contribution in [0.3, 0.4) is 0 Å². The first-order valence-electron chi connectivity index (χ1n) is 5.79.